The number of carbonyl (C=O) groups excluding carboxylic acids is 1. The number of amides is 1. The van der Waals surface area contributed by atoms with Gasteiger partial charge in [-0.1, -0.05) is 20.8 Å². The van der Waals surface area contributed by atoms with E-state index in [0.29, 0.717) is 5.69 Å². The Bertz CT molecular complexity index is 482. The lowest BCUT2D eigenvalue weighted by atomic mass is 9.88. The fourth-order valence-corrected chi connectivity index (χ4v) is 2.39. The second-order valence-electron chi connectivity index (χ2n) is 6.62. The van der Waals surface area contributed by atoms with Gasteiger partial charge < -0.3 is 9.88 Å². The Morgan fingerprint density at radius 3 is 2.68 bits per heavy atom. The minimum Gasteiger partial charge on any atom is -0.348 e. The van der Waals surface area contributed by atoms with Gasteiger partial charge in [0.1, 0.15) is 11.5 Å². The number of aromatic nitrogens is 2. The summed E-state index contributed by atoms with van der Waals surface area (Å²) in [6.45, 7) is 11.4. The molecule has 0 spiro atoms. The number of hydrogen-bond donors (Lipinski definition) is 1. The summed E-state index contributed by atoms with van der Waals surface area (Å²) >= 11 is 0. The Balaban J connectivity index is 2.21. The van der Waals surface area contributed by atoms with Gasteiger partial charge >= 0.3 is 0 Å². The first kappa shape index (κ1) is 14.1. The van der Waals surface area contributed by atoms with Crippen LogP contribution in [0, 0.1) is 12.3 Å². The van der Waals surface area contributed by atoms with Crippen molar-refractivity contribution in [3.8, 4) is 0 Å². The van der Waals surface area contributed by atoms with Crippen molar-refractivity contribution in [2.75, 3.05) is 0 Å². The quantitative estimate of drug-likeness (QED) is 0.891. The summed E-state index contributed by atoms with van der Waals surface area (Å²) in [5.74, 6) is 0.935. The maximum atomic E-state index is 12.4. The first-order valence-corrected chi connectivity index (χ1v) is 7.17. The highest BCUT2D eigenvalue weighted by Gasteiger charge is 2.26. The topological polar surface area (TPSA) is 46.9 Å². The number of nitrogens with zero attached hydrogens (tertiary/aromatic N) is 2. The van der Waals surface area contributed by atoms with Gasteiger partial charge in [0.15, 0.2) is 0 Å². The van der Waals surface area contributed by atoms with Crippen molar-refractivity contribution < 1.29 is 4.79 Å². The monoisotopic (exact) mass is 263 g/mol. The SMILES string of the molecule is Cc1nc(C(=O)N[C@H](C)C(C)(C)C)c2n1CCCC2. The number of imidazole rings is 1. The number of carbonyl (C=O) groups is 1. The van der Waals surface area contributed by atoms with Gasteiger partial charge in [-0.15, -0.1) is 0 Å². The number of aryl methyl sites for hydroxylation is 1. The summed E-state index contributed by atoms with van der Waals surface area (Å²) in [5, 5.41) is 3.08. The van der Waals surface area contributed by atoms with Crippen LogP contribution in [0.2, 0.25) is 0 Å². The highest BCUT2D eigenvalue weighted by molar-refractivity contribution is 5.93. The van der Waals surface area contributed by atoms with Gasteiger partial charge in [-0.3, -0.25) is 4.79 Å². The van der Waals surface area contributed by atoms with Crippen molar-refractivity contribution in [1.29, 1.82) is 0 Å². The van der Waals surface area contributed by atoms with Crippen molar-refractivity contribution in [2.45, 2.75) is 66.5 Å². The molecule has 1 atom stereocenters. The van der Waals surface area contributed by atoms with Crippen LogP contribution in [0.5, 0.6) is 0 Å². The molecule has 0 bridgehead atoms. The Morgan fingerprint density at radius 2 is 2.05 bits per heavy atom. The van der Waals surface area contributed by atoms with Gasteiger partial charge in [0.05, 0.1) is 5.69 Å². The molecule has 1 aliphatic rings. The van der Waals surface area contributed by atoms with Crippen LogP contribution in [0.1, 0.15) is 62.5 Å². The highest BCUT2D eigenvalue weighted by Crippen LogP contribution is 2.22. The molecule has 4 heteroatoms. The molecule has 0 saturated carbocycles. The van der Waals surface area contributed by atoms with Crippen molar-refractivity contribution in [1.82, 2.24) is 14.9 Å². The molecule has 106 valence electrons. The second-order valence-corrected chi connectivity index (χ2v) is 6.62. The molecule has 1 aromatic rings. The first-order chi connectivity index (χ1) is 8.80. The number of hydrogen-bond acceptors (Lipinski definition) is 2. The molecule has 1 aromatic heterocycles. The lowest BCUT2D eigenvalue weighted by Gasteiger charge is -2.28. The van der Waals surface area contributed by atoms with E-state index in [1.807, 2.05) is 13.8 Å². The molecule has 4 nitrogen and oxygen atoms in total. The van der Waals surface area contributed by atoms with E-state index in [1.54, 1.807) is 0 Å². The van der Waals surface area contributed by atoms with Gasteiger partial charge in [0.25, 0.3) is 5.91 Å². The largest absolute Gasteiger partial charge is 0.348 e. The smallest absolute Gasteiger partial charge is 0.272 e. The van der Waals surface area contributed by atoms with Gasteiger partial charge in [-0.2, -0.15) is 0 Å². The predicted octanol–water partition coefficient (Wildman–Crippen LogP) is 2.69. The zero-order valence-corrected chi connectivity index (χ0v) is 12.7. The molecule has 1 amide bonds. The standard InChI is InChI=1S/C15H25N3O/c1-10(15(3,4)5)16-14(19)13-12-8-6-7-9-18(12)11(2)17-13/h10H,6-9H2,1-5H3,(H,16,19)/t10-/m1/s1. The minimum atomic E-state index is -0.0267. The third-order valence-electron chi connectivity index (χ3n) is 4.17. The van der Waals surface area contributed by atoms with E-state index in [-0.39, 0.29) is 17.4 Å². The average molecular weight is 263 g/mol. The predicted molar refractivity (Wildman–Crippen MR) is 76.3 cm³/mol. The maximum absolute atomic E-state index is 12.4. The molecule has 0 radical (unpaired) electrons. The summed E-state index contributed by atoms with van der Waals surface area (Å²) in [6.07, 6.45) is 3.30. The van der Waals surface area contributed by atoms with E-state index in [2.05, 4.69) is 35.6 Å². The summed E-state index contributed by atoms with van der Waals surface area (Å²) in [7, 11) is 0. The van der Waals surface area contributed by atoms with E-state index in [0.717, 1.165) is 30.9 Å². The molecule has 0 saturated heterocycles. The molecule has 1 N–H and O–H groups in total. The molecule has 2 rings (SSSR count). The number of fused-ring (bicyclic) bond motifs is 1. The zero-order chi connectivity index (χ0) is 14.2. The minimum absolute atomic E-state index is 0.0267. The van der Waals surface area contributed by atoms with Crippen LogP contribution in [0.3, 0.4) is 0 Å². The molecule has 0 aromatic carbocycles. The first-order valence-electron chi connectivity index (χ1n) is 7.17. The normalized spacial score (nSPS) is 16.9. The molecule has 0 fully saturated rings. The molecule has 0 unspecified atom stereocenters. The zero-order valence-electron chi connectivity index (χ0n) is 12.7. The highest BCUT2D eigenvalue weighted by atomic mass is 16.2. The molecule has 19 heavy (non-hydrogen) atoms. The lowest BCUT2D eigenvalue weighted by Crippen LogP contribution is -2.41. The second kappa shape index (κ2) is 4.99. The van der Waals surface area contributed by atoms with Gasteiger partial charge in [-0.25, -0.2) is 4.98 Å². The Morgan fingerprint density at radius 1 is 1.37 bits per heavy atom. The van der Waals surface area contributed by atoms with E-state index < -0.39 is 0 Å². The molecule has 1 aliphatic heterocycles. The summed E-state index contributed by atoms with van der Waals surface area (Å²) in [4.78, 5) is 16.9. The lowest BCUT2D eigenvalue weighted by molar-refractivity contribution is 0.0904. The van der Waals surface area contributed by atoms with Gasteiger partial charge in [0.2, 0.25) is 0 Å². The van der Waals surface area contributed by atoms with E-state index >= 15 is 0 Å². The van der Waals surface area contributed by atoms with E-state index in [9.17, 15) is 4.79 Å². The van der Waals surface area contributed by atoms with E-state index in [1.165, 1.54) is 6.42 Å². The molecular formula is C15H25N3O. The van der Waals surface area contributed by atoms with Crippen LogP contribution < -0.4 is 5.32 Å². The molecule has 0 aliphatic carbocycles. The summed E-state index contributed by atoms with van der Waals surface area (Å²) in [6, 6.07) is 0.126. The number of nitrogens with one attached hydrogen (secondary N) is 1. The number of rotatable bonds is 2. The van der Waals surface area contributed by atoms with Crippen LogP contribution in [0.25, 0.3) is 0 Å². The van der Waals surface area contributed by atoms with Crippen LogP contribution >= 0.6 is 0 Å². The van der Waals surface area contributed by atoms with Crippen LogP contribution in [0.15, 0.2) is 0 Å². The molecular weight excluding hydrogens is 238 g/mol. The van der Waals surface area contributed by atoms with E-state index in [4.69, 9.17) is 0 Å². The third kappa shape index (κ3) is 2.82. The van der Waals surface area contributed by atoms with Crippen molar-refractivity contribution in [3.63, 3.8) is 0 Å². The summed E-state index contributed by atoms with van der Waals surface area (Å²) in [5.41, 5.74) is 1.81. The Kier molecular flexibility index (Phi) is 3.70. The van der Waals surface area contributed by atoms with Crippen LogP contribution in [-0.2, 0) is 13.0 Å². The molecule has 2 heterocycles. The fourth-order valence-electron chi connectivity index (χ4n) is 2.39. The maximum Gasteiger partial charge on any atom is 0.272 e. The average Bonchev–Trinajstić information content (AvgIpc) is 2.66. The summed E-state index contributed by atoms with van der Waals surface area (Å²) < 4.78 is 2.19. The van der Waals surface area contributed by atoms with Gasteiger partial charge in [-0.05, 0) is 38.5 Å². The van der Waals surface area contributed by atoms with Crippen LogP contribution in [0.4, 0.5) is 0 Å². The Labute approximate surface area is 115 Å². The van der Waals surface area contributed by atoms with Gasteiger partial charge in [0, 0.05) is 12.6 Å². The Hall–Kier alpha value is -1.32. The van der Waals surface area contributed by atoms with Crippen molar-refractivity contribution >= 4 is 5.91 Å². The van der Waals surface area contributed by atoms with Crippen LogP contribution in [-0.4, -0.2) is 21.5 Å². The van der Waals surface area contributed by atoms with Crippen molar-refractivity contribution in [3.05, 3.63) is 17.2 Å². The van der Waals surface area contributed by atoms with Crippen molar-refractivity contribution in [2.24, 2.45) is 5.41 Å². The fraction of sp³-hybridized carbons (Fsp3) is 0.733. The third-order valence-corrected chi connectivity index (χ3v) is 4.17.